The number of nitrogens with one attached hydrogen (secondary N) is 2. The number of amides is 2. The Kier molecular flexibility index (Phi) is 5.61. The number of rotatable bonds is 4. The first-order valence-corrected chi connectivity index (χ1v) is 9.00. The van der Waals surface area contributed by atoms with Crippen LogP contribution in [0.4, 0.5) is 4.79 Å². The molecule has 1 aliphatic heterocycles. The van der Waals surface area contributed by atoms with Crippen molar-refractivity contribution in [2.75, 3.05) is 18.1 Å². The summed E-state index contributed by atoms with van der Waals surface area (Å²) in [6.07, 6.45) is 5.55. The van der Waals surface area contributed by atoms with Crippen LogP contribution >= 0.6 is 11.8 Å². The minimum atomic E-state index is -0.702. The average Bonchev–Trinajstić information content (AvgIpc) is 2.84. The van der Waals surface area contributed by atoms with Gasteiger partial charge in [0.1, 0.15) is 0 Å². The summed E-state index contributed by atoms with van der Waals surface area (Å²) in [5, 5.41) is 16.2. The minimum absolute atomic E-state index is 0.118. The number of hydrogen-bond donors (Lipinski definition) is 3. The van der Waals surface area contributed by atoms with Crippen molar-refractivity contribution in [2.24, 2.45) is 11.8 Å². The van der Waals surface area contributed by atoms with Gasteiger partial charge in [-0.15, -0.1) is 0 Å². The highest BCUT2D eigenvalue weighted by molar-refractivity contribution is 7.99. The van der Waals surface area contributed by atoms with Gasteiger partial charge in [-0.1, -0.05) is 26.7 Å². The predicted octanol–water partition coefficient (Wildman–Crippen LogP) is 2.37. The molecule has 0 bridgehead atoms. The van der Waals surface area contributed by atoms with E-state index in [0.29, 0.717) is 18.4 Å². The molecule has 0 spiro atoms. The lowest BCUT2D eigenvalue weighted by atomic mass is 9.78. The number of carbonyl (C=O) groups excluding carboxylic acids is 1. The van der Waals surface area contributed by atoms with Crippen molar-refractivity contribution >= 4 is 17.8 Å². The first kappa shape index (κ1) is 16.0. The van der Waals surface area contributed by atoms with E-state index in [-0.39, 0.29) is 12.1 Å². The first-order valence-electron chi connectivity index (χ1n) is 7.85. The Balaban J connectivity index is 1.78. The predicted molar refractivity (Wildman–Crippen MR) is 84.0 cm³/mol. The Morgan fingerprint density at radius 3 is 2.80 bits per heavy atom. The zero-order chi connectivity index (χ0) is 14.6. The van der Waals surface area contributed by atoms with Crippen LogP contribution in [0.5, 0.6) is 0 Å². The zero-order valence-electron chi connectivity index (χ0n) is 12.7. The van der Waals surface area contributed by atoms with Crippen LogP contribution in [0.2, 0.25) is 0 Å². The Morgan fingerprint density at radius 1 is 1.40 bits per heavy atom. The Morgan fingerprint density at radius 2 is 2.15 bits per heavy atom. The van der Waals surface area contributed by atoms with Crippen molar-refractivity contribution in [1.82, 2.24) is 10.6 Å². The van der Waals surface area contributed by atoms with Crippen molar-refractivity contribution in [2.45, 2.75) is 57.6 Å². The van der Waals surface area contributed by atoms with Crippen LogP contribution in [0.3, 0.4) is 0 Å². The van der Waals surface area contributed by atoms with E-state index in [1.807, 2.05) is 0 Å². The second-order valence-corrected chi connectivity index (χ2v) is 7.76. The van der Waals surface area contributed by atoms with Crippen LogP contribution in [-0.4, -0.2) is 40.8 Å². The molecule has 0 radical (unpaired) electrons. The molecule has 1 saturated carbocycles. The number of aliphatic hydroxyl groups is 1. The smallest absolute Gasteiger partial charge is 0.315 e. The van der Waals surface area contributed by atoms with E-state index in [0.717, 1.165) is 24.3 Å². The average molecular weight is 300 g/mol. The molecule has 2 amide bonds. The van der Waals surface area contributed by atoms with Crippen LogP contribution in [0.25, 0.3) is 0 Å². The van der Waals surface area contributed by atoms with Gasteiger partial charge in [-0.2, -0.15) is 11.8 Å². The van der Waals surface area contributed by atoms with Crippen LogP contribution in [0.1, 0.15) is 46.0 Å². The summed E-state index contributed by atoms with van der Waals surface area (Å²) in [7, 11) is 0. The van der Waals surface area contributed by atoms with E-state index in [1.165, 1.54) is 19.3 Å². The van der Waals surface area contributed by atoms with Gasteiger partial charge in [-0.3, -0.25) is 0 Å². The molecule has 0 aromatic carbocycles. The third-order valence-corrected chi connectivity index (χ3v) is 5.89. The summed E-state index contributed by atoms with van der Waals surface area (Å²) in [6.45, 7) is 4.84. The van der Waals surface area contributed by atoms with Crippen LogP contribution in [-0.2, 0) is 0 Å². The molecule has 116 valence electrons. The highest BCUT2D eigenvalue weighted by Gasteiger charge is 2.33. The van der Waals surface area contributed by atoms with Crippen molar-refractivity contribution < 1.29 is 9.90 Å². The quantitative estimate of drug-likeness (QED) is 0.747. The van der Waals surface area contributed by atoms with Gasteiger partial charge in [-0.25, -0.2) is 4.79 Å². The molecule has 1 saturated heterocycles. The van der Waals surface area contributed by atoms with Gasteiger partial charge in [0, 0.05) is 18.3 Å². The molecule has 2 rings (SSSR count). The molecule has 0 aromatic rings. The summed E-state index contributed by atoms with van der Waals surface area (Å²) in [5.74, 6) is 2.90. The maximum Gasteiger partial charge on any atom is 0.315 e. The molecule has 3 unspecified atom stereocenters. The van der Waals surface area contributed by atoms with Gasteiger partial charge in [-0.05, 0) is 36.9 Å². The van der Waals surface area contributed by atoms with Crippen molar-refractivity contribution in [3.63, 3.8) is 0 Å². The minimum Gasteiger partial charge on any atom is -0.387 e. The summed E-state index contributed by atoms with van der Waals surface area (Å²) in [4.78, 5) is 12.0. The van der Waals surface area contributed by atoms with Gasteiger partial charge < -0.3 is 15.7 Å². The van der Waals surface area contributed by atoms with E-state index in [1.54, 1.807) is 11.8 Å². The molecule has 3 atom stereocenters. The summed E-state index contributed by atoms with van der Waals surface area (Å²) < 4.78 is 0. The molecule has 2 fully saturated rings. The Hall–Kier alpha value is -0.420. The monoisotopic (exact) mass is 300 g/mol. The molecule has 4 nitrogen and oxygen atoms in total. The highest BCUT2D eigenvalue weighted by Crippen LogP contribution is 2.30. The lowest BCUT2D eigenvalue weighted by molar-refractivity contribution is 0.0694. The number of carbonyl (C=O) groups is 1. The second-order valence-electron chi connectivity index (χ2n) is 6.65. The summed E-state index contributed by atoms with van der Waals surface area (Å²) >= 11 is 1.75. The summed E-state index contributed by atoms with van der Waals surface area (Å²) in [6, 6.07) is 0.171. The standard InChI is InChI=1S/C15H28N2O2S/c1-11(2)12-5-3-4-6-13(12)17-14(18)16-9-15(19)7-8-20-10-15/h11-13,19H,3-10H2,1-2H3,(H2,16,17,18). The molecule has 1 aliphatic carbocycles. The zero-order valence-corrected chi connectivity index (χ0v) is 13.5. The van der Waals surface area contributed by atoms with Crippen LogP contribution in [0.15, 0.2) is 0 Å². The molecule has 0 aromatic heterocycles. The fraction of sp³-hybridized carbons (Fsp3) is 0.933. The van der Waals surface area contributed by atoms with Gasteiger partial charge >= 0.3 is 6.03 Å². The van der Waals surface area contributed by atoms with E-state index in [9.17, 15) is 9.90 Å². The van der Waals surface area contributed by atoms with E-state index >= 15 is 0 Å². The van der Waals surface area contributed by atoms with Gasteiger partial charge in [0.05, 0.1) is 5.60 Å². The number of hydrogen-bond acceptors (Lipinski definition) is 3. The number of thioether (sulfide) groups is 1. The third-order valence-electron chi connectivity index (χ3n) is 4.65. The SMILES string of the molecule is CC(C)C1CCCCC1NC(=O)NCC1(O)CCSC1. The van der Waals surface area contributed by atoms with Crippen molar-refractivity contribution in [3.05, 3.63) is 0 Å². The third kappa shape index (κ3) is 4.29. The fourth-order valence-corrected chi connectivity index (χ4v) is 4.63. The topological polar surface area (TPSA) is 61.4 Å². The lowest BCUT2D eigenvalue weighted by Gasteiger charge is -2.35. The molecule has 3 N–H and O–H groups in total. The van der Waals surface area contributed by atoms with E-state index in [2.05, 4.69) is 24.5 Å². The van der Waals surface area contributed by atoms with Gasteiger partial charge in [0.2, 0.25) is 0 Å². The van der Waals surface area contributed by atoms with Gasteiger partial charge in [0.25, 0.3) is 0 Å². The molecule has 20 heavy (non-hydrogen) atoms. The molecule has 2 aliphatic rings. The van der Waals surface area contributed by atoms with E-state index in [4.69, 9.17) is 0 Å². The highest BCUT2D eigenvalue weighted by atomic mass is 32.2. The second kappa shape index (κ2) is 7.03. The molecule has 5 heteroatoms. The Bertz CT molecular complexity index is 330. The number of urea groups is 1. The van der Waals surface area contributed by atoms with Crippen molar-refractivity contribution in [1.29, 1.82) is 0 Å². The normalized spacial score (nSPS) is 34.2. The largest absolute Gasteiger partial charge is 0.387 e. The molecular formula is C15H28N2O2S. The Labute approximate surface area is 126 Å². The first-order chi connectivity index (χ1) is 9.50. The van der Waals surface area contributed by atoms with E-state index < -0.39 is 5.60 Å². The van der Waals surface area contributed by atoms with Crippen molar-refractivity contribution in [3.8, 4) is 0 Å². The van der Waals surface area contributed by atoms with Gasteiger partial charge in [0.15, 0.2) is 0 Å². The lowest BCUT2D eigenvalue weighted by Crippen LogP contribution is -2.51. The van der Waals surface area contributed by atoms with Crippen LogP contribution < -0.4 is 10.6 Å². The maximum absolute atomic E-state index is 12.0. The molecule has 1 heterocycles. The maximum atomic E-state index is 12.0. The fourth-order valence-electron chi connectivity index (χ4n) is 3.34. The molecular weight excluding hydrogens is 272 g/mol. The summed E-state index contributed by atoms with van der Waals surface area (Å²) in [5.41, 5.74) is -0.702. The van der Waals surface area contributed by atoms with Crippen LogP contribution in [0, 0.1) is 11.8 Å².